The lowest BCUT2D eigenvalue weighted by Gasteiger charge is -2.29. The standard InChI is InChI=1S/C20H25NO7/c1-3-5-10-27-20(25)12-21-15-11-14(6-8-17(15)28-13-18(21)23)16(22)7-9-19(24)26-4-2/h6,8,11H,3-5,7,9-10,12-13H2,1-2H3. The van der Waals surface area contributed by atoms with Crippen molar-refractivity contribution in [3.8, 4) is 5.75 Å². The topological polar surface area (TPSA) is 99.2 Å². The van der Waals surface area contributed by atoms with E-state index in [2.05, 4.69) is 0 Å². The highest BCUT2D eigenvalue weighted by Crippen LogP contribution is 2.33. The van der Waals surface area contributed by atoms with Crippen molar-refractivity contribution in [1.29, 1.82) is 0 Å². The molecule has 0 N–H and O–H groups in total. The fourth-order valence-corrected chi connectivity index (χ4v) is 2.65. The second-order valence-corrected chi connectivity index (χ2v) is 6.25. The predicted molar refractivity (Wildman–Crippen MR) is 100 cm³/mol. The summed E-state index contributed by atoms with van der Waals surface area (Å²) in [7, 11) is 0. The number of carbonyl (C=O) groups excluding carboxylic acids is 4. The highest BCUT2D eigenvalue weighted by molar-refractivity contribution is 6.04. The van der Waals surface area contributed by atoms with Crippen molar-refractivity contribution in [3.63, 3.8) is 0 Å². The van der Waals surface area contributed by atoms with E-state index in [1.165, 1.54) is 11.0 Å². The molecule has 0 spiro atoms. The van der Waals surface area contributed by atoms with E-state index in [1.807, 2.05) is 6.92 Å². The van der Waals surface area contributed by atoms with Crippen LogP contribution in [0.3, 0.4) is 0 Å². The number of esters is 2. The molecule has 0 saturated carbocycles. The normalized spacial score (nSPS) is 12.8. The van der Waals surface area contributed by atoms with E-state index in [-0.39, 0.29) is 38.4 Å². The summed E-state index contributed by atoms with van der Waals surface area (Å²) < 4.78 is 15.3. The van der Waals surface area contributed by atoms with Crippen LogP contribution in [0.2, 0.25) is 0 Å². The van der Waals surface area contributed by atoms with Crippen molar-refractivity contribution < 1.29 is 33.4 Å². The first-order chi connectivity index (χ1) is 13.5. The number of Topliss-reactive ketones (excluding diaryl/α,β-unsaturated/α-hetero) is 1. The summed E-state index contributed by atoms with van der Waals surface area (Å²) in [6.45, 7) is 3.80. The van der Waals surface area contributed by atoms with Crippen LogP contribution >= 0.6 is 0 Å². The SMILES string of the molecule is CCCCOC(=O)CN1C(=O)COc2ccc(C(=O)CCC(=O)OCC)cc21. The maximum atomic E-state index is 12.4. The van der Waals surface area contributed by atoms with Gasteiger partial charge in [0.1, 0.15) is 12.3 Å². The zero-order valence-electron chi connectivity index (χ0n) is 16.2. The quantitative estimate of drug-likeness (QED) is 0.343. The second kappa shape index (κ2) is 10.4. The molecule has 28 heavy (non-hydrogen) atoms. The Labute approximate surface area is 163 Å². The lowest BCUT2D eigenvalue weighted by Crippen LogP contribution is -2.42. The summed E-state index contributed by atoms with van der Waals surface area (Å²) in [6, 6.07) is 4.65. The lowest BCUT2D eigenvalue weighted by molar-refractivity contribution is -0.143. The van der Waals surface area contributed by atoms with Gasteiger partial charge >= 0.3 is 11.9 Å². The summed E-state index contributed by atoms with van der Waals surface area (Å²) in [5.41, 5.74) is 0.663. The minimum absolute atomic E-state index is 0.00845. The van der Waals surface area contributed by atoms with Gasteiger partial charge in [-0.05, 0) is 31.5 Å². The van der Waals surface area contributed by atoms with E-state index in [0.29, 0.717) is 23.6 Å². The molecule has 0 aliphatic carbocycles. The average Bonchev–Trinajstić information content (AvgIpc) is 2.68. The zero-order valence-corrected chi connectivity index (χ0v) is 16.2. The lowest BCUT2D eigenvalue weighted by atomic mass is 10.0. The minimum Gasteiger partial charge on any atom is -0.482 e. The molecule has 1 heterocycles. The molecule has 8 nitrogen and oxygen atoms in total. The Bertz CT molecular complexity index is 744. The third-order valence-corrected chi connectivity index (χ3v) is 4.13. The molecule has 1 aliphatic heterocycles. The van der Waals surface area contributed by atoms with E-state index in [9.17, 15) is 19.2 Å². The van der Waals surface area contributed by atoms with Gasteiger partial charge in [-0.25, -0.2) is 0 Å². The van der Waals surface area contributed by atoms with Crippen molar-refractivity contribution in [3.05, 3.63) is 23.8 Å². The van der Waals surface area contributed by atoms with Gasteiger partial charge in [0.15, 0.2) is 12.4 Å². The Kier molecular flexibility index (Phi) is 7.98. The number of ketones is 1. The monoisotopic (exact) mass is 391 g/mol. The van der Waals surface area contributed by atoms with E-state index in [4.69, 9.17) is 14.2 Å². The molecular weight excluding hydrogens is 366 g/mol. The van der Waals surface area contributed by atoms with Gasteiger partial charge in [-0.3, -0.25) is 24.1 Å². The number of unbranched alkanes of at least 4 members (excludes halogenated alkanes) is 1. The maximum Gasteiger partial charge on any atom is 0.326 e. The smallest absolute Gasteiger partial charge is 0.326 e. The van der Waals surface area contributed by atoms with Gasteiger partial charge in [0.2, 0.25) is 0 Å². The Morgan fingerprint density at radius 1 is 1.11 bits per heavy atom. The Morgan fingerprint density at radius 3 is 2.61 bits per heavy atom. The number of anilines is 1. The molecule has 0 bridgehead atoms. The Morgan fingerprint density at radius 2 is 1.89 bits per heavy atom. The predicted octanol–water partition coefficient (Wildman–Crippen LogP) is 2.28. The fourth-order valence-electron chi connectivity index (χ4n) is 2.65. The molecule has 2 rings (SSSR count). The molecule has 1 aromatic rings. The third-order valence-electron chi connectivity index (χ3n) is 4.13. The number of fused-ring (bicyclic) bond motifs is 1. The first kappa shape index (κ1) is 21.4. The van der Waals surface area contributed by atoms with Crippen LogP contribution in [-0.4, -0.2) is 50.0 Å². The van der Waals surface area contributed by atoms with Crippen LogP contribution in [-0.2, 0) is 23.9 Å². The molecule has 1 amide bonds. The van der Waals surface area contributed by atoms with Crippen LogP contribution in [0.5, 0.6) is 5.75 Å². The fraction of sp³-hybridized carbons (Fsp3) is 0.500. The molecule has 152 valence electrons. The van der Waals surface area contributed by atoms with Gasteiger partial charge in [0.05, 0.1) is 25.3 Å². The minimum atomic E-state index is -0.520. The van der Waals surface area contributed by atoms with Gasteiger partial charge in [-0.2, -0.15) is 0 Å². The van der Waals surface area contributed by atoms with Crippen molar-refractivity contribution in [2.45, 2.75) is 39.5 Å². The van der Waals surface area contributed by atoms with Gasteiger partial charge in [-0.15, -0.1) is 0 Å². The van der Waals surface area contributed by atoms with Crippen molar-refractivity contribution in [2.75, 3.05) is 31.3 Å². The summed E-state index contributed by atoms with van der Waals surface area (Å²) in [6.07, 6.45) is 1.61. The average molecular weight is 391 g/mol. The second-order valence-electron chi connectivity index (χ2n) is 6.25. The summed E-state index contributed by atoms with van der Waals surface area (Å²) in [4.78, 5) is 49.3. The number of nitrogens with zero attached hydrogens (tertiary/aromatic N) is 1. The van der Waals surface area contributed by atoms with Crippen molar-refractivity contribution in [2.24, 2.45) is 0 Å². The van der Waals surface area contributed by atoms with Gasteiger partial charge in [-0.1, -0.05) is 13.3 Å². The number of hydrogen-bond acceptors (Lipinski definition) is 7. The molecule has 0 atom stereocenters. The molecule has 1 aromatic carbocycles. The molecule has 1 aliphatic rings. The number of rotatable bonds is 10. The highest BCUT2D eigenvalue weighted by atomic mass is 16.5. The van der Waals surface area contributed by atoms with Crippen LogP contribution in [0, 0.1) is 0 Å². The molecule has 8 heteroatoms. The Balaban J connectivity index is 2.10. The number of carbonyl (C=O) groups is 4. The van der Waals surface area contributed by atoms with E-state index >= 15 is 0 Å². The van der Waals surface area contributed by atoms with Crippen molar-refractivity contribution >= 4 is 29.3 Å². The van der Waals surface area contributed by atoms with Crippen LogP contribution in [0.1, 0.15) is 49.9 Å². The summed E-state index contributed by atoms with van der Waals surface area (Å²) in [5.74, 6) is -1.21. The van der Waals surface area contributed by atoms with Gasteiger partial charge < -0.3 is 14.2 Å². The largest absolute Gasteiger partial charge is 0.482 e. The first-order valence-electron chi connectivity index (χ1n) is 9.37. The first-order valence-corrected chi connectivity index (χ1v) is 9.37. The summed E-state index contributed by atoms with van der Waals surface area (Å²) >= 11 is 0. The number of amides is 1. The van der Waals surface area contributed by atoms with E-state index in [1.54, 1.807) is 19.1 Å². The molecule has 0 radical (unpaired) electrons. The van der Waals surface area contributed by atoms with Crippen LogP contribution in [0.4, 0.5) is 5.69 Å². The number of hydrogen-bond donors (Lipinski definition) is 0. The molecule has 0 saturated heterocycles. The third kappa shape index (κ3) is 5.80. The van der Waals surface area contributed by atoms with Crippen LogP contribution in [0.25, 0.3) is 0 Å². The Hall–Kier alpha value is -2.90. The molecule has 0 aromatic heterocycles. The highest BCUT2D eigenvalue weighted by Gasteiger charge is 2.28. The van der Waals surface area contributed by atoms with Gasteiger partial charge in [0.25, 0.3) is 5.91 Å². The van der Waals surface area contributed by atoms with Gasteiger partial charge in [0, 0.05) is 12.0 Å². The summed E-state index contributed by atoms with van der Waals surface area (Å²) in [5, 5.41) is 0. The maximum absolute atomic E-state index is 12.4. The molecule has 0 fully saturated rings. The molecular formula is C20H25NO7. The van der Waals surface area contributed by atoms with Crippen molar-refractivity contribution in [1.82, 2.24) is 0 Å². The van der Waals surface area contributed by atoms with E-state index < -0.39 is 17.8 Å². The van der Waals surface area contributed by atoms with Crippen LogP contribution in [0.15, 0.2) is 18.2 Å². The zero-order chi connectivity index (χ0) is 20.5. The number of ether oxygens (including phenoxy) is 3. The van der Waals surface area contributed by atoms with Crippen LogP contribution < -0.4 is 9.64 Å². The molecule has 0 unspecified atom stereocenters. The van der Waals surface area contributed by atoms with E-state index in [0.717, 1.165) is 12.8 Å². The number of benzene rings is 1.